The van der Waals surface area contributed by atoms with Crippen molar-refractivity contribution in [3.05, 3.63) is 71.4 Å². The van der Waals surface area contributed by atoms with Gasteiger partial charge >= 0.3 is 6.18 Å². The van der Waals surface area contributed by atoms with Gasteiger partial charge in [-0.05, 0) is 23.3 Å². The molecule has 0 saturated heterocycles. The Labute approximate surface area is 147 Å². The van der Waals surface area contributed by atoms with Crippen LogP contribution in [0.4, 0.5) is 13.2 Å². The number of benzene rings is 2. The van der Waals surface area contributed by atoms with Crippen molar-refractivity contribution in [2.24, 2.45) is 0 Å². The molecule has 3 N–H and O–H groups in total. The molecule has 4 nitrogen and oxygen atoms in total. The van der Waals surface area contributed by atoms with Crippen LogP contribution in [0, 0.1) is 0 Å². The van der Waals surface area contributed by atoms with Gasteiger partial charge in [0.05, 0.1) is 18.1 Å². The van der Waals surface area contributed by atoms with Crippen molar-refractivity contribution in [3.8, 4) is 0 Å². The molecule has 7 heteroatoms. The van der Waals surface area contributed by atoms with E-state index in [1.165, 1.54) is 18.2 Å². The Morgan fingerprint density at radius 3 is 2.58 bits per heavy atom. The SMILES string of the molecule is O=C(Cc1c[nH]c2ccccc12)NC[C@H](O)c1ccccc1C(F)(F)F. The van der Waals surface area contributed by atoms with Crippen molar-refractivity contribution >= 4 is 16.8 Å². The number of rotatable bonds is 5. The third-order valence-electron chi connectivity index (χ3n) is 4.14. The van der Waals surface area contributed by atoms with E-state index in [9.17, 15) is 23.1 Å². The average molecular weight is 362 g/mol. The van der Waals surface area contributed by atoms with Crippen LogP contribution in [-0.4, -0.2) is 22.5 Å². The summed E-state index contributed by atoms with van der Waals surface area (Å²) in [5.41, 5.74) is 0.517. The molecule has 3 aromatic rings. The number of halogens is 3. The number of amides is 1. The third-order valence-corrected chi connectivity index (χ3v) is 4.14. The second kappa shape index (κ2) is 7.21. The van der Waals surface area contributed by atoms with E-state index >= 15 is 0 Å². The number of hydrogen-bond donors (Lipinski definition) is 3. The van der Waals surface area contributed by atoms with Crippen LogP contribution in [0.1, 0.15) is 22.8 Å². The Kier molecular flexibility index (Phi) is 4.99. The summed E-state index contributed by atoms with van der Waals surface area (Å²) < 4.78 is 39.0. The molecule has 26 heavy (non-hydrogen) atoms. The molecule has 0 fully saturated rings. The molecule has 0 unspecified atom stereocenters. The van der Waals surface area contributed by atoms with Gasteiger partial charge in [0.2, 0.25) is 5.91 Å². The normalized spacial score (nSPS) is 12.9. The van der Waals surface area contributed by atoms with Gasteiger partial charge in [-0.1, -0.05) is 36.4 Å². The lowest BCUT2D eigenvalue weighted by Gasteiger charge is -2.17. The zero-order valence-electron chi connectivity index (χ0n) is 13.7. The number of H-pyrrole nitrogens is 1. The van der Waals surface area contributed by atoms with Crippen molar-refractivity contribution < 1.29 is 23.1 Å². The number of hydrogen-bond acceptors (Lipinski definition) is 2. The highest BCUT2D eigenvalue weighted by Crippen LogP contribution is 2.34. The van der Waals surface area contributed by atoms with Crippen molar-refractivity contribution in [2.45, 2.75) is 18.7 Å². The monoisotopic (exact) mass is 362 g/mol. The van der Waals surface area contributed by atoms with Crippen LogP contribution in [0.2, 0.25) is 0 Å². The van der Waals surface area contributed by atoms with Crippen molar-refractivity contribution in [2.75, 3.05) is 6.54 Å². The van der Waals surface area contributed by atoms with Gasteiger partial charge < -0.3 is 15.4 Å². The number of aromatic amines is 1. The summed E-state index contributed by atoms with van der Waals surface area (Å²) >= 11 is 0. The molecular weight excluding hydrogens is 345 g/mol. The van der Waals surface area contributed by atoms with Crippen LogP contribution in [-0.2, 0) is 17.4 Å². The van der Waals surface area contributed by atoms with E-state index in [4.69, 9.17) is 0 Å². The standard InChI is InChI=1S/C19H17F3N2O2/c20-19(21,22)15-7-3-1-6-14(15)17(25)11-24-18(26)9-12-10-23-16-8-4-2-5-13(12)16/h1-8,10,17,23,25H,9,11H2,(H,24,26)/t17-/m0/s1. The number of nitrogens with one attached hydrogen (secondary N) is 2. The third kappa shape index (κ3) is 3.88. The number of alkyl halides is 3. The van der Waals surface area contributed by atoms with E-state index in [0.29, 0.717) is 0 Å². The summed E-state index contributed by atoms with van der Waals surface area (Å²) in [5.74, 6) is -0.377. The molecule has 1 atom stereocenters. The van der Waals surface area contributed by atoms with Crippen LogP contribution < -0.4 is 5.32 Å². The molecule has 0 bridgehead atoms. The number of aromatic nitrogens is 1. The molecule has 0 aliphatic heterocycles. The minimum absolute atomic E-state index is 0.0671. The first-order valence-corrected chi connectivity index (χ1v) is 8.02. The predicted molar refractivity (Wildman–Crippen MR) is 91.4 cm³/mol. The fourth-order valence-corrected chi connectivity index (χ4v) is 2.88. The lowest BCUT2D eigenvalue weighted by molar-refractivity contribution is -0.139. The molecular formula is C19H17F3N2O2. The minimum atomic E-state index is -4.56. The zero-order valence-corrected chi connectivity index (χ0v) is 13.7. The molecule has 0 radical (unpaired) electrons. The number of carbonyl (C=O) groups excluding carboxylic acids is 1. The molecule has 0 spiro atoms. The maximum Gasteiger partial charge on any atom is 0.416 e. The van der Waals surface area contributed by atoms with Gasteiger partial charge in [-0.25, -0.2) is 0 Å². The van der Waals surface area contributed by atoms with E-state index in [-0.39, 0.29) is 24.4 Å². The molecule has 0 saturated carbocycles. The Morgan fingerprint density at radius 1 is 1.12 bits per heavy atom. The van der Waals surface area contributed by atoms with E-state index in [1.807, 2.05) is 24.3 Å². The van der Waals surface area contributed by atoms with E-state index in [2.05, 4.69) is 10.3 Å². The van der Waals surface area contributed by atoms with Gasteiger partial charge in [0.1, 0.15) is 0 Å². The van der Waals surface area contributed by atoms with Gasteiger partial charge in [-0.15, -0.1) is 0 Å². The maximum absolute atomic E-state index is 13.0. The van der Waals surface area contributed by atoms with Crippen molar-refractivity contribution in [1.82, 2.24) is 10.3 Å². The Bertz CT molecular complexity index is 918. The smallest absolute Gasteiger partial charge is 0.387 e. The Balaban J connectivity index is 1.65. The Hall–Kier alpha value is -2.80. The lowest BCUT2D eigenvalue weighted by atomic mass is 10.0. The summed E-state index contributed by atoms with van der Waals surface area (Å²) in [5, 5.41) is 13.5. The highest BCUT2D eigenvalue weighted by Gasteiger charge is 2.34. The van der Waals surface area contributed by atoms with Gasteiger partial charge in [0.25, 0.3) is 0 Å². The summed E-state index contributed by atoms with van der Waals surface area (Å²) in [7, 11) is 0. The number of carbonyl (C=O) groups is 1. The first-order chi connectivity index (χ1) is 12.4. The predicted octanol–water partition coefficient (Wildman–Crippen LogP) is 3.58. The van der Waals surface area contributed by atoms with Gasteiger partial charge in [0, 0.05) is 23.6 Å². The van der Waals surface area contributed by atoms with E-state index in [1.54, 1.807) is 6.20 Å². The Morgan fingerprint density at radius 2 is 1.81 bits per heavy atom. The highest BCUT2D eigenvalue weighted by atomic mass is 19.4. The largest absolute Gasteiger partial charge is 0.416 e. The second-order valence-electron chi connectivity index (χ2n) is 5.94. The summed E-state index contributed by atoms with van der Waals surface area (Å²) in [4.78, 5) is 15.2. The summed E-state index contributed by atoms with van der Waals surface area (Å²) in [6.45, 7) is -0.297. The highest BCUT2D eigenvalue weighted by molar-refractivity contribution is 5.88. The van der Waals surface area contributed by atoms with Gasteiger partial charge in [-0.2, -0.15) is 13.2 Å². The average Bonchev–Trinajstić information content (AvgIpc) is 3.02. The maximum atomic E-state index is 13.0. The zero-order chi connectivity index (χ0) is 18.7. The molecule has 3 rings (SSSR count). The first-order valence-electron chi connectivity index (χ1n) is 8.02. The number of para-hydroxylation sites is 1. The van der Waals surface area contributed by atoms with E-state index < -0.39 is 17.8 Å². The van der Waals surface area contributed by atoms with Crippen LogP contribution in [0.3, 0.4) is 0 Å². The molecule has 2 aromatic carbocycles. The fraction of sp³-hybridized carbons (Fsp3) is 0.211. The van der Waals surface area contributed by atoms with E-state index in [0.717, 1.165) is 22.5 Å². The molecule has 0 aliphatic rings. The molecule has 1 heterocycles. The fourth-order valence-electron chi connectivity index (χ4n) is 2.88. The van der Waals surface area contributed by atoms with Crippen LogP contribution in [0.25, 0.3) is 10.9 Å². The molecule has 136 valence electrons. The number of aliphatic hydroxyl groups is 1. The van der Waals surface area contributed by atoms with Gasteiger partial charge in [-0.3, -0.25) is 4.79 Å². The minimum Gasteiger partial charge on any atom is -0.387 e. The van der Waals surface area contributed by atoms with Crippen molar-refractivity contribution in [3.63, 3.8) is 0 Å². The van der Waals surface area contributed by atoms with Crippen LogP contribution in [0.5, 0.6) is 0 Å². The first kappa shape index (κ1) is 18.0. The van der Waals surface area contributed by atoms with Gasteiger partial charge in [0.15, 0.2) is 0 Å². The quantitative estimate of drug-likeness (QED) is 0.650. The number of aliphatic hydroxyl groups excluding tert-OH is 1. The van der Waals surface area contributed by atoms with Crippen molar-refractivity contribution in [1.29, 1.82) is 0 Å². The number of fused-ring (bicyclic) bond motifs is 1. The summed E-state index contributed by atoms with van der Waals surface area (Å²) in [6, 6.07) is 12.3. The van der Waals surface area contributed by atoms with Crippen LogP contribution in [0.15, 0.2) is 54.7 Å². The molecule has 1 aromatic heterocycles. The topological polar surface area (TPSA) is 65.1 Å². The molecule has 1 amide bonds. The van der Waals surface area contributed by atoms with Crippen LogP contribution >= 0.6 is 0 Å². The second-order valence-corrected chi connectivity index (χ2v) is 5.94. The lowest BCUT2D eigenvalue weighted by Crippen LogP contribution is -2.30. The molecule has 0 aliphatic carbocycles. The summed E-state index contributed by atoms with van der Waals surface area (Å²) in [6.07, 6.45) is -4.22.